The molecule has 0 radical (unpaired) electrons. The Morgan fingerprint density at radius 2 is 1.86 bits per heavy atom. The highest BCUT2D eigenvalue weighted by atomic mass is 16.6. The minimum atomic E-state index is -0.599. The van der Waals surface area contributed by atoms with Crippen LogP contribution in [0.1, 0.15) is 26.3 Å². The zero-order chi connectivity index (χ0) is 15.9. The van der Waals surface area contributed by atoms with Crippen LogP contribution >= 0.6 is 0 Å². The number of alkyl carbamates (subject to hydrolysis) is 1. The van der Waals surface area contributed by atoms with Crippen LogP contribution < -0.4 is 10.8 Å². The Bertz CT molecular complexity index is 468. The van der Waals surface area contributed by atoms with E-state index in [2.05, 4.69) is 5.32 Å². The van der Waals surface area contributed by atoms with E-state index in [1.54, 1.807) is 26.3 Å². The van der Waals surface area contributed by atoms with Gasteiger partial charge in [0.25, 0.3) is 0 Å². The third-order valence-corrected chi connectivity index (χ3v) is 2.70. The molecule has 1 unspecified atom stereocenters. The molecule has 0 spiro atoms. The molecular weight excluding hydrogens is 272 g/mol. The number of rotatable bonds is 5. The first-order chi connectivity index (χ1) is 9.81. The monoisotopic (exact) mass is 294 g/mol. The van der Waals surface area contributed by atoms with Crippen LogP contribution in [-0.2, 0) is 16.0 Å². The highest BCUT2D eigenvalue weighted by molar-refractivity contribution is 5.78. The summed E-state index contributed by atoms with van der Waals surface area (Å²) in [6.45, 7) is 5.35. The summed E-state index contributed by atoms with van der Waals surface area (Å²) in [7, 11) is 0. The molecule has 0 heterocycles. The summed E-state index contributed by atoms with van der Waals surface area (Å²) in [5.74, 6) is -1.13. The van der Waals surface area contributed by atoms with Crippen LogP contribution in [0.5, 0.6) is 0 Å². The minimum Gasteiger partial charge on any atom is -0.444 e. The third-order valence-electron chi connectivity index (χ3n) is 2.70. The fourth-order valence-electron chi connectivity index (χ4n) is 1.77. The second-order valence-electron chi connectivity index (χ2n) is 5.75. The fraction of sp³-hybridized carbons (Fsp3) is 0.467. The predicted octanol–water partition coefficient (Wildman–Crippen LogP) is 1.88. The van der Waals surface area contributed by atoms with Gasteiger partial charge < -0.3 is 10.1 Å². The average molecular weight is 294 g/mol. The van der Waals surface area contributed by atoms with Crippen molar-refractivity contribution in [2.45, 2.75) is 32.8 Å². The van der Waals surface area contributed by atoms with Gasteiger partial charge in [0.2, 0.25) is 5.91 Å². The number of nitrogens with one attached hydrogen (secondary N) is 2. The Labute approximate surface area is 124 Å². The van der Waals surface area contributed by atoms with Crippen LogP contribution in [0.25, 0.3) is 0 Å². The van der Waals surface area contributed by atoms with Gasteiger partial charge in [-0.05, 0) is 32.8 Å². The molecule has 1 aromatic carbocycles. The van der Waals surface area contributed by atoms with Gasteiger partial charge in [0.15, 0.2) is 0 Å². The van der Waals surface area contributed by atoms with Gasteiger partial charge in [0.05, 0.1) is 5.92 Å². The lowest BCUT2D eigenvalue weighted by atomic mass is 9.99. The topological polar surface area (TPSA) is 87.7 Å². The molecule has 0 bridgehead atoms. The molecule has 6 heteroatoms. The summed E-state index contributed by atoms with van der Waals surface area (Å²) in [5, 5.41) is 11.3. The van der Waals surface area contributed by atoms with Gasteiger partial charge in [-0.15, -0.1) is 0 Å². The Morgan fingerprint density at radius 3 is 2.38 bits per heavy atom. The zero-order valence-corrected chi connectivity index (χ0v) is 12.6. The Balaban J connectivity index is 2.59. The number of hydrogen-bond donors (Lipinski definition) is 3. The molecular formula is C15H22N2O4. The van der Waals surface area contributed by atoms with E-state index in [9.17, 15) is 9.59 Å². The van der Waals surface area contributed by atoms with Crippen molar-refractivity contribution < 1.29 is 19.5 Å². The Morgan fingerprint density at radius 1 is 1.24 bits per heavy atom. The number of hydrogen-bond acceptors (Lipinski definition) is 4. The zero-order valence-electron chi connectivity index (χ0n) is 12.6. The lowest BCUT2D eigenvalue weighted by molar-refractivity contribution is -0.133. The smallest absolute Gasteiger partial charge is 0.407 e. The molecule has 1 atom stereocenters. The van der Waals surface area contributed by atoms with E-state index >= 15 is 0 Å². The van der Waals surface area contributed by atoms with Gasteiger partial charge in [-0.1, -0.05) is 30.3 Å². The molecule has 0 aliphatic rings. The van der Waals surface area contributed by atoms with Crippen LogP contribution in [0.2, 0.25) is 0 Å². The molecule has 0 aliphatic carbocycles. The van der Waals surface area contributed by atoms with Crippen molar-refractivity contribution in [3.8, 4) is 0 Å². The second-order valence-corrected chi connectivity index (χ2v) is 5.75. The number of ether oxygens (including phenoxy) is 1. The van der Waals surface area contributed by atoms with Gasteiger partial charge in [0.1, 0.15) is 5.60 Å². The molecule has 0 saturated heterocycles. The molecule has 1 rings (SSSR count). The fourth-order valence-corrected chi connectivity index (χ4v) is 1.77. The van der Waals surface area contributed by atoms with E-state index in [0.29, 0.717) is 6.42 Å². The van der Waals surface area contributed by atoms with Crippen molar-refractivity contribution in [2.24, 2.45) is 5.92 Å². The van der Waals surface area contributed by atoms with Crippen molar-refractivity contribution >= 4 is 12.0 Å². The average Bonchev–Trinajstić information content (AvgIpc) is 2.41. The summed E-state index contributed by atoms with van der Waals surface area (Å²) >= 11 is 0. The molecule has 1 aromatic rings. The number of benzene rings is 1. The van der Waals surface area contributed by atoms with Gasteiger partial charge in [-0.3, -0.25) is 10.0 Å². The van der Waals surface area contributed by atoms with Gasteiger partial charge in [-0.25, -0.2) is 10.3 Å². The van der Waals surface area contributed by atoms with Gasteiger partial charge in [0, 0.05) is 6.54 Å². The minimum absolute atomic E-state index is 0.0796. The van der Waals surface area contributed by atoms with E-state index in [-0.39, 0.29) is 6.54 Å². The standard InChI is InChI=1S/C15H22N2O4/c1-15(2,3)21-14(19)16-10-12(13(18)17-20)9-11-7-5-4-6-8-11/h4-8,12,20H,9-10H2,1-3H3,(H,16,19)(H,17,18). The molecule has 21 heavy (non-hydrogen) atoms. The van der Waals surface area contributed by atoms with Crippen molar-refractivity contribution in [1.29, 1.82) is 0 Å². The molecule has 116 valence electrons. The number of carbonyl (C=O) groups excluding carboxylic acids is 2. The van der Waals surface area contributed by atoms with Crippen LogP contribution in [-0.4, -0.2) is 29.4 Å². The number of carbonyl (C=O) groups is 2. The summed E-state index contributed by atoms with van der Waals surface area (Å²) in [6, 6.07) is 9.37. The van der Waals surface area contributed by atoms with E-state index in [1.807, 2.05) is 30.3 Å². The van der Waals surface area contributed by atoms with Crippen LogP contribution in [0.4, 0.5) is 4.79 Å². The lowest BCUT2D eigenvalue weighted by Crippen LogP contribution is -2.40. The Kier molecular flexibility index (Phi) is 6.17. The quantitative estimate of drug-likeness (QED) is 0.571. The van der Waals surface area contributed by atoms with E-state index in [1.165, 1.54) is 0 Å². The van der Waals surface area contributed by atoms with E-state index < -0.39 is 23.5 Å². The maximum Gasteiger partial charge on any atom is 0.407 e. The highest BCUT2D eigenvalue weighted by Gasteiger charge is 2.21. The molecule has 3 N–H and O–H groups in total. The van der Waals surface area contributed by atoms with Crippen LogP contribution in [0.15, 0.2) is 30.3 Å². The normalized spacial score (nSPS) is 12.4. The summed E-state index contributed by atoms with van der Waals surface area (Å²) in [5.41, 5.74) is 1.97. The first kappa shape index (κ1) is 17.0. The first-order valence-corrected chi connectivity index (χ1v) is 6.76. The summed E-state index contributed by atoms with van der Waals surface area (Å²) < 4.78 is 5.11. The second kappa shape index (κ2) is 7.64. The highest BCUT2D eigenvalue weighted by Crippen LogP contribution is 2.10. The molecule has 6 nitrogen and oxygen atoms in total. The molecule has 0 aliphatic heterocycles. The van der Waals surface area contributed by atoms with Crippen molar-refractivity contribution in [1.82, 2.24) is 10.8 Å². The van der Waals surface area contributed by atoms with Crippen LogP contribution in [0, 0.1) is 5.92 Å². The lowest BCUT2D eigenvalue weighted by Gasteiger charge is -2.21. The third kappa shape index (κ3) is 6.76. The molecule has 2 amide bonds. The van der Waals surface area contributed by atoms with Crippen molar-refractivity contribution in [2.75, 3.05) is 6.54 Å². The first-order valence-electron chi connectivity index (χ1n) is 6.76. The molecule has 0 fully saturated rings. The maximum atomic E-state index is 11.7. The van der Waals surface area contributed by atoms with Crippen molar-refractivity contribution in [3.05, 3.63) is 35.9 Å². The molecule has 0 saturated carbocycles. The Hall–Kier alpha value is -2.08. The summed E-state index contributed by atoms with van der Waals surface area (Å²) in [4.78, 5) is 23.3. The van der Waals surface area contributed by atoms with Gasteiger partial charge >= 0.3 is 6.09 Å². The van der Waals surface area contributed by atoms with E-state index in [4.69, 9.17) is 9.94 Å². The van der Waals surface area contributed by atoms with Crippen molar-refractivity contribution in [3.63, 3.8) is 0 Å². The number of amides is 2. The number of hydroxylamine groups is 1. The van der Waals surface area contributed by atoms with E-state index in [0.717, 1.165) is 5.56 Å². The van der Waals surface area contributed by atoms with Gasteiger partial charge in [-0.2, -0.15) is 0 Å². The maximum absolute atomic E-state index is 11.7. The SMILES string of the molecule is CC(C)(C)OC(=O)NCC(Cc1ccccc1)C(=O)NO. The predicted molar refractivity (Wildman–Crippen MR) is 77.8 cm³/mol. The molecule has 0 aromatic heterocycles. The van der Waals surface area contributed by atoms with Crippen LogP contribution in [0.3, 0.4) is 0 Å². The summed E-state index contributed by atoms with van der Waals surface area (Å²) in [6.07, 6.45) is -0.186. The largest absolute Gasteiger partial charge is 0.444 e.